The molecule has 18 heavy (non-hydrogen) atoms. The molecule has 2 nitrogen and oxygen atoms in total. The van der Waals surface area contributed by atoms with Crippen LogP contribution in [0.3, 0.4) is 0 Å². The molecule has 0 bridgehead atoms. The quantitative estimate of drug-likeness (QED) is 0.803. The summed E-state index contributed by atoms with van der Waals surface area (Å²) in [6.45, 7) is 10.8. The minimum absolute atomic E-state index is 0.415. The van der Waals surface area contributed by atoms with Crippen molar-refractivity contribution in [1.29, 1.82) is 0 Å². The lowest BCUT2D eigenvalue weighted by atomic mass is 9.79. The predicted molar refractivity (Wildman–Crippen MR) is 78.8 cm³/mol. The van der Waals surface area contributed by atoms with Crippen molar-refractivity contribution in [3.63, 3.8) is 0 Å². The Labute approximate surface area is 113 Å². The summed E-state index contributed by atoms with van der Waals surface area (Å²) in [4.78, 5) is 0. The summed E-state index contributed by atoms with van der Waals surface area (Å²) in [5.41, 5.74) is 0.415. The normalized spacial score (nSPS) is 36.5. The smallest absolute Gasteiger partial charge is 0.0142 e. The topological polar surface area (TPSA) is 24.1 Å². The van der Waals surface area contributed by atoms with Crippen molar-refractivity contribution in [2.24, 2.45) is 17.3 Å². The molecule has 0 spiro atoms. The van der Waals surface area contributed by atoms with E-state index in [4.69, 9.17) is 0 Å². The molecule has 1 aliphatic heterocycles. The second kappa shape index (κ2) is 6.38. The molecule has 2 fully saturated rings. The van der Waals surface area contributed by atoms with Crippen LogP contribution < -0.4 is 10.6 Å². The fourth-order valence-electron chi connectivity index (χ4n) is 3.83. The summed E-state index contributed by atoms with van der Waals surface area (Å²) in [6.07, 6.45) is 8.55. The van der Waals surface area contributed by atoms with E-state index in [2.05, 4.69) is 31.4 Å². The first-order chi connectivity index (χ1) is 8.58. The van der Waals surface area contributed by atoms with Crippen molar-refractivity contribution < 1.29 is 0 Å². The monoisotopic (exact) mass is 252 g/mol. The maximum atomic E-state index is 3.83. The van der Waals surface area contributed by atoms with Gasteiger partial charge in [-0.1, -0.05) is 40.0 Å². The predicted octanol–water partition coefficient (Wildman–Crippen LogP) is 3.18. The molecule has 3 unspecified atom stereocenters. The van der Waals surface area contributed by atoms with Gasteiger partial charge in [-0.15, -0.1) is 0 Å². The highest BCUT2D eigenvalue weighted by molar-refractivity contribution is 4.90. The molecule has 1 saturated heterocycles. The van der Waals surface area contributed by atoms with Gasteiger partial charge in [0.25, 0.3) is 0 Å². The molecule has 0 aromatic carbocycles. The number of nitrogens with one attached hydrogen (secondary N) is 2. The fourth-order valence-corrected chi connectivity index (χ4v) is 3.83. The highest BCUT2D eigenvalue weighted by Crippen LogP contribution is 2.31. The molecule has 2 heteroatoms. The van der Waals surface area contributed by atoms with Crippen LogP contribution in [0.4, 0.5) is 0 Å². The Morgan fingerprint density at radius 3 is 2.78 bits per heavy atom. The van der Waals surface area contributed by atoms with Gasteiger partial charge in [0.15, 0.2) is 0 Å². The van der Waals surface area contributed by atoms with Crippen LogP contribution in [0.2, 0.25) is 0 Å². The zero-order chi connectivity index (χ0) is 13.0. The van der Waals surface area contributed by atoms with E-state index in [-0.39, 0.29) is 0 Å². The average molecular weight is 252 g/mol. The summed E-state index contributed by atoms with van der Waals surface area (Å²) in [6, 6.07) is 0.708. The Kier molecular flexibility index (Phi) is 5.08. The number of hydrogen-bond acceptors (Lipinski definition) is 2. The third-order valence-corrected chi connectivity index (χ3v) is 5.12. The van der Waals surface area contributed by atoms with E-state index >= 15 is 0 Å². The average Bonchev–Trinajstić information content (AvgIpc) is 2.31. The summed E-state index contributed by atoms with van der Waals surface area (Å²) in [7, 11) is 0. The molecule has 106 valence electrons. The Morgan fingerprint density at radius 1 is 1.22 bits per heavy atom. The zero-order valence-corrected chi connectivity index (χ0v) is 12.6. The van der Waals surface area contributed by atoms with Crippen molar-refractivity contribution >= 4 is 0 Å². The van der Waals surface area contributed by atoms with Crippen molar-refractivity contribution in [3.8, 4) is 0 Å². The van der Waals surface area contributed by atoms with Gasteiger partial charge in [0.1, 0.15) is 0 Å². The second-order valence-corrected chi connectivity index (χ2v) is 7.39. The van der Waals surface area contributed by atoms with E-state index in [1.807, 2.05) is 0 Å². The lowest BCUT2D eigenvalue weighted by molar-refractivity contribution is 0.178. The summed E-state index contributed by atoms with van der Waals surface area (Å²) < 4.78 is 0. The Morgan fingerprint density at radius 2 is 2.06 bits per heavy atom. The molecule has 0 aromatic rings. The van der Waals surface area contributed by atoms with Crippen molar-refractivity contribution in [1.82, 2.24) is 10.6 Å². The molecule has 0 amide bonds. The van der Waals surface area contributed by atoms with Crippen LogP contribution in [0, 0.1) is 17.3 Å². The van der Waals surface area contributed by atoms with E-state index < -0.39 is 0 Å². The minimum atomic E-state index is 0.415. The number of hydrogen-bond donors (Lipinski definition) is 2. The van der Waals surface area contributed by atoms with Gasteiger partial charge in [-0.05, 0) is 49.6 Å². The highest BCUT2D eigenvalue weighted by Gasteiger charge is 2.31. The van der Waals surface area contributed by atoms with Crippen LogP contribution in [-0.4, -0.2) is 25.7 Å². The van der Waals surface area contributed by atoms with Crippen molar-refractivity contribution in [2.45, 2.75) is 65.3 Å². The maximum absolute atomic E-state index is 3.83. The Bertz CT molecular complexity index is 249. The second-order valence-electron chi connectivity index (χ2n) is 7.39. The highest BCUT2D eigenvalue weighted by atomic mass is 15.0. The molecule has 1 aliphatic carbocycles. The van der Waals surface area contributed by atoms with Gasteiger partial charge in [0, 0.05) is 12.6 Å². The molecule has 0 aromatic heterocycles. The van der Waals surface area contributed by atoms with Crippen LogP contribution in [0.15, 0.2) is 0 Å². The molecule has 1 saturated carbocycles. The van der Waals surface area contributed by atoms with Gasteiger partial charge in [0.2, 0.25) is 0 Å². The molecular formula is C16H32N2. The van der Waals surface area contributed by atoms with Crippen molar-refractivity contribution in [2.75, 3.05) is 19.6 Å². The SMILES string of the molecule is CC1CCCC(CCNC2CCNCC2(C)C)C1. The van der Waals surface area contributed by atoms with Crippen LogP contribution in [0.25, 0.3) is 0 Å². The molecule has 1 heterocycles. The molecule has 3 atom stereocenters. The van der Waals surface area contributed by atoms with Crippen LogP contribution in [-0.2, 0) is 0 Å². The lowest BCUT2D eigenvalue weighted by Crippen LogP contribution is -2.53. The Balaban J connectivity index is 1.68. The van der Waals surface area contributed by atoms with Crippen LogP contribution in [0.1, 0.15) is 59.3 Å². The fraction of sp³-hybridized carbons (Fsp3) is 1.00. The minimum Gasteiger partial charge on any atom is -0.316 e. The van der Waals surface area contributed by atoms with Gasteiger partial charge in [-0.25, -0.2) is 0 Å². The molecule has 2 rings (SSSR count). The standard InChI is InChI=1S/C16H32N2/c1-13-5-4-6-14(11-13)7-10-18-15-8-9-17-12-16(15,2)3/h13-15,17-18H,4-12H2,1-3H3. The summed E-state index contributed by atoms with van der Waals surface area (Å²) >= 11 is 0. The third kappa shape index (κ3) is 3.96. The molecule has 0 radical (unpaired) electrons. The van der Waals surface area contributed by atoms with Crippen LogP contribution >= 0.6 is 0 Å². The number of rotatable bonds is 4. The largest absolute Gasteiger partial charge is 0.316 e. The number of piperidine rings is 1. The van der Waals surface area contributed by atoms with Gasteiger partial charge in [-0.2, -0.15) is 0 Å². The van der Waals surface area contributed by atoms with Gasteiger partial charge in [-0.3, -0.25) is 0 Å². The lowest BCUT2D eigenvalue weighted by Gasteiger charge is -2.40. The summed E-state index contributed by atoms with van der Waals surface area (Å²) in [5.74, 6) is 1.96. The molecule has 2 aliphatic rings. The van der Waals surface area contributed by atoms with E-state index in [1.54, 1.807) is 0 Å². The van der Waals surface area contributed by atoms with E-state index in [0.717, 1.165) is 18.4 Å². The van der Waals surface area contributed by atoms with Crippen molar-refractivity contribution in [3.05, 3.63) is 0 Å². The Hall–Kier alpha value is -0.0800. The molecule has 2 N–H and O–H groups in total. The molecular weight excluding hydrogens is 220 g/mol. The van der Waals surface area contributed by atoms with E-state index in [9.17, 15) is 0 Å². The summed E-state index contributed by atoms with van der Waals surface area (Å²) in [5, 5.41) is 7.34. The van der Waals surface area contributed by atoms with E-state index in [1.165, 1.54) is 51.6 Å². The first kappa shape index (κ1) is 14.3. The third-order valence-electron chi connectivity index (χ3n) is 5.12. The maximum Gasteiger partial charge on any atom is 0.0142 e. The van der Waals surface area contributed by atoms with Gasteiger partial charge < -0.3 is 10.6 Å². The zero-order valence-electron chi connectivity index (χ0n) is 12.6. The van der Waals surface area contributed by atoms with Crippen LogP contribution in [0.5, 0.6) is 0 Å². The van der Waals surface area contributed by atoms with Gasteiger partial charge >= 0.3 is 0 Å². The first-order valence-electron chi connectivity index (χ1n) is 8.02. The first-order valence-corrected chi connectivity index (χ1v) is 8.02. The van der Waals surface area contributed by atoms with Gasteiger partial charge in [0.05, 0.1) is 0 Å². The van der Waals surface area contributed by atoms with E-state index in [0.29, 0.717) is 11.5 Å².